The van der Waals surface area contributed by atoms with Crippen molar-refractivity contribution >= 4 is 21.8 Å². The SMILES string of the molecule is CC(C)c1cccc(C(C)C)c1-c1cn(-c2cc(Oc3ccc4c5ccccc5n(-c5cc(C(C)(C)c6ccccc6)ccn5)c4c3)cc(-c3ccccc3)c2)[c-][n+]1-c1cccc(C(C)(C)c2ccccc2)c1. The van der Waals surface area contributed by atoms with Gasteiger partial charge in [-0.2, -0.15) is 0 Å². The molecule has 0 saturated carbocycles. The summed E-state index contributed by atoms with van der Waals surface area (Å²) in [4.78, 5) is 5.02. The molecule has 0 spiro atoms. The number of nitrogens with zero attached hydrogens (tertiary/aromatic N) is 4. The van der Waals surface area contributed by atoms with Crippen LogP contribution in [-0.2, 0) is 10.8 Å². The summed E-state index contributed by atoms with van der Waals surface area (Å²) in [5, 5.41) is 2.29. The van der Waals surface area contributed by atoms with E-state index in [2.05, 4.69) is 288 Å². The van der Waals surface area contributed by atoms with Crippen LogP contribution in [0.4, 0.5) is 0 Å². The van der Waals surface area contributed by atoms with Gasteiger partial charge in [-0.25, -0.2) is 4.98 Å². The molecule has 0 aliphatic heterocycles. The number of pyridine rings is 1. The van der Waals surface area contributed by atoms with E-state index in [1.54, 1.807) is 0 Å². The Kier molecular flexibility index (Phi) is 12.3. The molecule has 0 fully saturated rings. The standard InChI is InChI=1S/C68H62N4O/c1-46(2)58-31-21-32-59(47(3)4)66(58)64-44-70(45-71(64)54-29-20-28-52(40-54)67(5,6)50-24-14-10-15-25-50)55-38-49(48-22-12-9-13-23-48)39-57(42-55)73-56-34-35-61-60-30-18-19-33-62(60)72(63(61)43-56)65-41-53(36-37-69-65)68(7,8)51-26-16-11-17-27-51/h9-44,46-47H,1-8H3. The summed E-state index contributed by atoms with van der Waals surface area (Å²) >= 11 is 0. The summed E-state index contributed by atoms with van der Waals surface area (Å²) in [7, 11) is 0. The topological polar surface area (TPSA) is 35.9 Å². The molecule has 73 heavy (non-hydrogen) atoms. The second kappa shape index (κ2) is 19.0. The van der Waals surface area contributed by atoms with Gasteiger partial charge in [-0.3, -0.25) is 13.7 Å². The molecule has 0 N–H and O–H groups in total. The Labute approximate surface area is 430 Å². The van der Waals surface area contributed by atoms with Gasteiger partial charge in [0.05, 0.1) is 28.1 Å². The van der Waals surface area contributed by atoms with Crippen LogP contribution < -0.4 is 9.30 Å². The van der Waals surface area contributed by atoms with Gasteiger partial charge in [0.2, 0.25) is 0 Å². The highest BCUT2D eigenvalue weighted by Crippen LogP contribution is 2.40. The zero-order valence-electron chi connectivity index (χ0n) is 43.1. The van der Waals surface area contributed by atoms with Gasteiger partial charge in [-0.1, -0.05) is 195 Å². The van der Waals surface area contributed by atoms with Crippen LogP contribution in [0.2, 0.25) is 0 Å². The molecule has 5 heteroatoms. The summed E-state index contributed by atoms with van der Waals surface area (Å²) in [5.74, 6) is 2.90. The number of benzene rings is 8. The van der Waals surface area contributed by atoms with Crippen molar-refractivity contribution in [3.05, 3.63) is 258 Å². The van der Waals surface area contributed by atoms with Crippen LogP contribution in [-0.4, -0.2) is 14.1 Å². The molecule has 3 aromatic heterocycles. The van der Waals surface area contributed by atoms with Gasteiger partial charge in [-0.05, 0) is 123 Å². The Bertz CT molecular complexity index is 3740. The predicted octanol–water partition coefficient (Wildman–Crippen LogP) is 17.1. The van der Waals surface area contributed by atoms with Crippen molar-refractivity contribution in [3.8, 4) is 51.1 Å². The average molecular weight is 951 g/mol. The average Bonchev–Trinajstić information content (AvgIpc) is 4.01. The van der Waals surface area contributed by atoms with Crippen molar-refractivity contribution < 1.29 is 9.30 Å². The van der Waals surface area contributed by atoms with E-state index >= 15 is 0 Å². The predicted molar refractivity (Wildman–Crippen MR) is 301 cm³/mol. The quantitative estimate of drug-likeness (QED) is 0.0853. The zero-order valence-corrected chi connectivity index (χ0v) is 43.1. The van der Waals surface area contributed by atoms with E-state index in [0.29, 0.717) is 11.8 Å². The van der Waals surface area contributed by atoms with Crippen LogP contribution in [0.25, 0.3) is 61.4 Å². The van der Waals surface area contributed by atoms with Crippen molar-refractivity contribution in [2.75, 3.05) is 0 Å². The Morgan fingerprint density at radius 3 is 1.75 bits per heavy atom. The van der Waals surface area contributed by atoms with E-state index in [9.17, 15) is 0 Å². The summed E-state index contributed by atoms with van der Waals surface area (Å²) in [6, 6.07) is 73.8. The summed E-state index contributed by atoms with van der Waals surface area (Å²) in [6.45, 7) is 18.3. The van der Waals surface area contributed by atoms with E-state index in [1.807, 2.05) is 6.20 Å². The Hall–Kier alpha value is -8.28. The van der Waals surface area contributed by atoms with Crippen LogP contribution in [0, 0.1) is 6.33 Å². The fraction of sp³-hybridized carbons (Fsp3) is 0.176. The fourth-order valence-corrected chi connectivity index (χ4v) is 10.7. The van der Waals surface area contributed by atoms with Crippen molar-refractivity contribution in [2.24, 2.45) is 0 Å². The summed E-state index contributed by atoms with van der Waals surface area (Å²) < 4.78 is 13.8. The minimum atomic E-state index is -0.234. The number of para-hydroxylation sites is 1. The van der Waals surface area contributed by atoms with E-state index in [4.69, 9.17) is 9.72 Å². The zero-order chi connectivity index (χ0) is 50.4. The van der Waals surface area contributed by atoms with E-state index in [-0.39, 0.29) is 10.8 Å². The maximum absolute atomic E-state index is 7.07. The maximum atomic E-state index is 7.07. The van der Waals surface area contributed by atoms with Gasteiger partial charge in [-0.15, -0.1) is 0 Å². The first-order chi connectivity index (χ1) is 35.3. The molecule has 8 aromatic carbocycles. The van der Waals surface area contributed by atoms with Crippen LogP contribution in [0.5, 0.6) is 11.5 Å². The second-order valence-electron chi connectivity index (χ2n) is 21.1. The highest BCUT2D eigenvalue weighted by Gasteiger charge is 2.27. The lowest BCUT2D eigenvalue weighted by Gasteiger charge is -2.27. The molecule has 11 rings (SSSR count). The third kappa shape index (κ3) is 8.84. The highest BCUT2D eigenvalue weighted by atomic mass is 16.5. The number of aromatic nitrogens is 4. The molecule has 0 aliphatic rings. The minimum absolute atomic E-state index is 0.229. The normalized spacial score (nSPS) is 12.1. The van der Waals surface area contributed by atoms with Crippen LogP contribution in [0.1, 0.15) is 101 Å². The first-order valence-electron chi connectivity index (χ1n) is 25.7. The monoisotopic (exact) mass is 950 g/mol. The molecule has 11 aromatic rings. The van der Waals surface area contributed by atoms with Crippen molar-refractivity contribution in [1.29, 1.82) is 0 Å². The molecular weight excluding hydrogens is 889 g/mol. The Balaban J connectivity index is 1.06. The van der Waals surface area contributed by atoms with Crippen LogP contribution in [0.3, 0.4) is 0 Å². The molecule has 5 nitrogen and oxygen atoms in total. The van der Waals surface area contributed by atoms with E-state index < -0.39 is 0 Å². The molecule has 0 bridgehead atoms. The van der Waals surface area contributed by atoms with Crippen LogP contribution >= 0.6 is 0 Å². The molecule has 0 amide bonds. The molecule has 0 unspecified atom stereocenters. The van der Waals surface area contributed by atoms with Gasteiger partial charge in [0.15, 0.2) is 0 Å². The highest BCUT2D eigenvalue weighted by molar-refractivity contribution is 6.09. The van der Waals surface area contributed by atoms with Crippen molar-refractivity contribution in [1.82, 2.24) is 14.1 Å². The molecule has 0 saturated heterocycles. The molecule has 0 aliphatic carbocycles. The van der Waals surface area contributed by atoms with Gasteiger partial charge in [0, 0.05) is 40.1 Å². The number of imidazole rings is 1. The van der Waals surface area contributed by atoms with Gasteiger partial charge in [0.25, 0.3) is 6.33 Å². The van der Waals surface area contributed by atoms with Gasteiger partial charge >= 0.3 is 0 Å². The number of hydrogen-bond donors (Lipinski definition) is 0. The fourth-order valence-electron chi connectivity index (χ4n) is 10.7. The minimum Gasteiger partial charge on any atom is -0.458 e. The van der Waals surface area contributed by atoms with E-state index in [0.717, 1.165) is 67.3 Å². The van der Waals surface area contributed by atoms with Crippen LogP contribution in [0.15, 0.2) is 219 Å². The van der Waals surface area contributed by atoms with E-state index in [1.165, 1.54) is 38.9 Å². The van der Waals surface area contributed by atoms with Gasteiger partial charge in [0.1, 0.15) is 17.3 Å². The molecular formula is C68H62N4O. The van der Waals surface area contributed by atoms with Crippen molar-refractivity contribution in [2.45, 2.75) is 78.1 Å². The molecule has 360 valence electrons. The van der Waals surface area contributed by atoms with Crippen molar-refractivity contribution in [3.63, 3.8) is 0 Å². The smallest absolute Gasteiger partial charge is 0.269 e. The summed E-state index contributed by atoms with van der Waals surface area (Å²) in [6.07, 6.45) is 8.09. The largest absolute Gasteiger partial charge is 0.458 e. The second-order valence-corrected chi connectivity index (χ2v) is 21.1. The number of hydrogen-bond acceptors (Lipinski definition) is 2. The lowest BCUT2D eigenvalue weighted by molar-refractivity contribution is -0.588. The molecule has 3 heterocycles. The first kappa shape index (κ1) is 47.1. The lowest BCUT2D eigenvalue weighted by Crippen LogP contribution is -2.33. The maximum Gasteiger partial charge on any atom is 0.269 e. The number of ether oxygens (including phenoxy) is 1. The Morgan fingerprint density at radius 2 is 1.08 bits per heavy atom. The third-order valence-corrected chi connectivity index (χ3v) is 15.0. The third-order valence-electron chi connectivity index (χ3n) is 15.0. The first-order valence-corrected chi connectivity index (χ1v) is 25.7. The molecule has 0 radical (unpaired) electrons. The number of rotatable bonds is 13. The molecule has 0 atom stereocenters. The van der Waals surface area contributed by atoms with Gasteiger partial charge < -0.3 is 4.74 Å². The lowest BCUT2D eigenvalue weighted by atomic mass is 9.78. The summed E-state index contributed by atoms with van der Waals surface area (Å²) in [5.41, 5.74) is 15.7. The number of fused-ring (bicyclic) bond motifs is 3. The Morgan fingerprint density at radius 1 is 0.493 bits per heavy atom.